The summed E-state index contributed by atoms with van der Waals surface area (Å²) in [5.74, 6) is -0.627. The zero-order chi connectivity index (χ0) is 25.6. The fraction of sp³-hybridized carbons (Fsp3) is 0.136. The van der Waals surface area contributed by atoms with E-state index < -0.39 is 53.0 Å². The third-order valence-electron chi connectivity index (χ3n) is 4.81. The number of benzene rings is 3. The number of carbonyl (C=O) groups is 1. The maximum Gasteiger partial charge on any atom is 0.338 e. The first-order valence-electron chi connectivity index (χ1n) is 9.97. The Balaban J connectivity index is 1.84. The molecule has 0 aliphatic rings. The largest absolute Gasteiger partial charge is 0.453 e. The molecule has 35 heavy (non-hydrogen) atoms. The normalized spacial score (nSPS) is 12.9. The van der Waals surface area contributed by atoms with Gasteiger partial charge in [-0.2, -0.15) is 0 Å². The molecule has 0 saturated heterocycles. The molecule has 0 radical (unpaired) electrons. The number of nitro groups is 2. The average Bonchev–Trinajstić information content (AvgIpc) is 2.86. The lowest BCUT2D eigenvalue weighted by Gasteiger charge is -2.24. The van der Waals surface area contributed by atoms with Gasteiger partial charge in [0, 0.05) is 12.6 Å². The third kappa shape index (κ3) is 6.47. The van der Waals surface area contributed by atoms with Crippen molar-refractivity contribution < 1.29 is 27.8 Å². The van der Waals surface area contributed by atoms with Gasteiger partial charge in [0.2, 0.25) is 10.0 Å². The number of rotatable bonds is 10. The van der Waals surface area contributed by atoms with Crippen LogP contribution in [0.3, 0.4) is 0 Å². The minimum atomic E-state index is -4.45. The van der Waals surface area contributed by atoms with E-state index >= 15 is 0 Å². The first kappa shape index (κ1) is 25.9. The van der Waals surface area contributed by atoms with E-state index in [-0.39, 0.29) is 6.54 Å². The van der Waals surface area contributed by atoms with Gasteiger partial charge in [-0.25, -0.2) is 17.9 Å². The maximum atomic E-state index is 12.8. The number of non-ortho nitro benzene ring substituents is 1. The molecule has 0 fully saturated rings. The van der Waals surface area contributed by atoms with Crippen LogP contribution in [0.4, 0.5) is 11.4 Å². The number of alkyl halides is 1. The Morgan fingerprint density at radius 3 is 2.11 bits per heavy atom. The SMILES string of the molecule is O=C(O[C@@H](c1ccccc1)[C@H](Br)CNS(=O)(=O)c1ccc([N+](=O)[O-])cc1[N+](=O)[O-])c1ccccc1. The van der Waals surface area contributed by atoms with E-state index in [1.807, 2.05) is 0 Å². The number of halogens is 1. The van der Waals surface area contributed by atoms with Gasteiger partial charge in [-0.15, -0.1) is 0 Å². The Labute approximate surface area is 208 Å². The molecule has 13 heteroatoms. The highest BCUT2D eigenvalue weighted by molar-refractivity contribution is 9.09. The van der Waals surface area contributed by atoms with E-state index in [4.69, 9.17) is 4.74 Å². The number of nitrogens with one attached hydrogen (secondary N) is 1. The summed E-state index contributed by atoms with van der Waals surface area (Å²) in [6, 6.07) is 19.1. The highest BCUT2D eigenvalue weighted by Crippen LogP contribution is 2.30. The third-order valence-corrected chi connectivity index (χ3v) is 7.08. The number of ether oxygens (including phenoxy) is 1. The van der Waals surface area contributed by atoms with Crippen LogP contribution in [0.1, 0.15) is 22.0 Å². The van der Waals surface area contributed by atoms with Gasteiger partial charge in [-0.1, -0.05) is 64.5 Å². The van der Waals surface area contributed by atoms with Crippen molar-refractivity contribution >= 4 is 43.3 Å². The second kappa shape index (κ2) is 11.2. The highest BCUT2D eigenvalue weighted by atomic mass is 79.9. The van der Waals surface area contributed by atoms with Crippen LogP contribution in [-0.4, -0.2) is 35.6 Å². The van der Waals surface area contributed by atoms with Crippen molar-refractivity contribution in [2.45, 2.75) is 15.8 Å². The maximum absolute atomic E-state index is 12.8. The van der Waals surface area contributed by atoms with E-state index in [2.05, 4.69) is 20.7 Å². The van der Waals surface area contributed by atoms with Gasteiger partial charge in [-0.3, -0.25) is 20.2 Å². The summed E-state index contributed by atoms with van der Waals surface area (Å²) in [6.45, 7) is -0.321. The van der Waals surface area contributed by atoms with Crippen LogP contribution in [0.25, 0.3) is 0 Å². The molecule has 1 N–H and O–H groups in total. The van der Waals surface area contributed by atoms with Gasteiger partial charge in [0.1, 0.15) is 6.10 Å². The Hall–Kier alpha value is -3.68. The van der Waals surface area contributed by atoms with E-state index in [0.717, 1.165) is 12.1 Å². The molecule has 0 heterocycles. The lowest BCUT2D eigenvalue weighted by atomic mass is 10.1. The number of nitrogens with zero attached hydrogens (tertiary/aromatic N) is 2. The second-order valence-electron chi connectivity index (χ2n) is 7.14. The Morgan fingerprint density at radius 2 is 1.54 bits per heavy atom. The summed E-state index contributed by atoms with van der Waals surface area (Å²) in [7, 11) is -4.45. The number of nitro benzene ring substituents is 2. The highest BCUT2D eigenvalue weighted by Gasteiger charge is 2.31. The summed E-state index contributed by atoms with van der Waals surface area (Å²) in [5.41, 5.74) is -0.673. The van der Waals surface area contributed by atoms with Crippen LogP contribution >= 0.6 is 15.9 Å². The van der Waals surface area contributed by atoms with Crippen LogP contribution < -0.4 is 4.72 Å². The van der Waals surface area contributed by atoms with Crippen molar-refractivity contribution in [1.29, 1.82) is 0 Å². The minimum absolute atomic E-state index is 0.301. The lowest BCUT2D eigenvalue weighted by molar-refractivity contribution is -0.396. The van der Waals surface area contributed by atoms with Crippen LogP contribution in [0.15, 0.2) is 83.8 Å². The molecule has 11 nitrogen and oxygen atoms in total. The van der Waals surface area contributed by atoms with E-state index in [0.29, 0.717) is 17.2 Å². The second-order valence-corrected chi connectivity index (χ2v) is 10.0. The zero-order valence-electron chi connectivity index (χ0n) is 17.8. The first-order chi connectivity index (χ1) is 16.6. The molecule has 0 spiro atoms. The zero-order valence-corrected chi connectivity index (χ0v) is 20.2. The molecule has 0 unspecified atom stereocenters. The standard InChI is InChI=1S/C22H18BrN3O8S/c23-18(14-24-35(32,33)20-12-11-17(25(28)29)13-19(20)26(30)31)21(15-7-3-1-4-8-15)34-22(27)16-9-5-2-6-10-16/h1-13,18,21,24H,14H2/t18-,21+/m1/s1. The smallest absolute Gasteiger partial charge is 0.338 e. The molecule has 0 aliphatic heterocycles. The summed E-state index contributed by atoms with van der Waals surface area (Å²) in [6.07, 6.45) is -0.918. The molecule has 0 aliphatic carbocycles. The lowest BCUT2D eigenvalue weighted by Crippen LogP contribution is -2.34. The summed E-state index contributed by atoms with van der Waals surface area (Å²) in [5, 5.41) is 22.3. The molecule has 0 aromatic heterocycles. The van der Waals surface area contributed by atoms with E-state index in [1.165, 1.54) is 0 Å². The van der Waals surface area contributed by atoms with E-state index in [1.54, 1.807) is 60.7 Å². The average molecular weight is 564 g/mol. The number of carbonyl (C=O) groups excluding carboxylic acids is 1. The van der Waals surface area contributed by atoms with Gasteiger partial charge < -0.3 is 4.74 Å². The quantitative estimate of drug-likeness (QED) is 0.167. The minimum Gasteiger partial charge on any atom is -0.453 e. The van der Waals surface area contributed by atoms with Crippen LogP contribution in [0.5, 0.6) is 0 Å². The van der Waals surface area contributed by atoms with Gasteiger partial charge in [-0.05, 0) is 23.8 Å². The molecule has 0 saturated carbocycles. The fourth-order valence-electron chi connectivity index (χ4n) is 3.11. The molecule has 3 rings (SSSR count). The molecule has 3 aromatic rings. The molecule has 2 atom stereocenters. The van der Waals surface area contributed by atoms with Crippen molar-refractivity contribution in [2.24, 2.45) is 0 Å². The topological polar surface area (TPSA) is 159 Å². The Kier molecular flexibility index (Phi) is 8.27. The van der Waals surface area contributed by atoms with Crippen molar-refractivity contribution in [2.75, 3.05) is 6.54 Å². The van der Waals surface area contributed by atoms with Gasteiger partial charge >= 0.3 is 5.97 Å². The number of hydrogen-bond acceptors (Lipinski definition) is 8. The van der Waals surface area contributed by atoms with Gasteiger partial charge in [0.15, 0.2) is 4.90 Å². The van der Waals surface area contributed by atoms with Gasteiger partial charge in [0.25, 0.3) is 11.4 Å². The number of esters is 1. The van der Waals surface area contributed by atoms with Crippen LogP contribution in [-0.2, 0) is 14.8 Å². The van der Waals surface area contributed by atoms with Crippen LogP contribution in [0, 0.1) is 20.2 Å². The molecular weight excluding hydrogens is 546 g/mol. The van der Waals surface area contributed by atoms with Crippen molar-refractivity contribution in [3.63, 3.8) is 0 Å². The Bertz CT molecular complexity index is 1340. The summed E-state index contributed by atoms with van der Waals surface area (Å²) < 4.78 is 33.6. The van der Waals surface area contributed by atoms with Crippen molar-refractivity contribution in [3.05, 3.63) is 110 Å². The summed E-state index contributed by atoms with van der Waals surface area (Å²) in [4.78, 5) is 31.5. The van der Waals surface area contributed by atoms with Crippen molar-refractivity contribution in [3.8, 4) is 0 Å². The van der Waals surface area contributed by atoms with Crippen LogP contribution in [0.2, 0.25) is 0 Å². The molecule has 182 valence electrons. The Morgan fingerprint density at radius 1 is 0.943 bits per heavy atom. The monoisotopic (exact) mass is 563 g/mol. The number of sulfonamides is 1. The molecule has 3 aromatic carbocycles. The van der Waals surface area contributed by atoms with E-state index in [9.17, 15) is 33.4 Å². The van der Waals surface area contributed by atoms with Gasteiger partial charge in [0.05, 0.1) is 26.3 Å². The summed E-state index contributed by atoms with van der Waals surface area (Å²) >= 11 is 3.36. The predicted octanol–water partition coefficient (Wildman–Crippen LogP) is 4.14. The molecule has 0 bridgehead atoms. The van der Waals surface area contributed by atoms with Crippen molar-refractivity contribution in [1.82, 2.24) is 4.72 Å². The molecular formula is C22H18BrN3O8S. The predicted molar refractivity (Wildman–Crippen MR) is 129 cm³/mol. The molecule has 0 amide bonds. The first-order valence-corrected chi connectivity index (χ1v) is 12.4. The number of hydrogen-bond donors (Lipinski definition) is 1. The fourth-order valence-corrected chi connectivity index (χ4v) is 5.11.